The second kappa shape index (κ2) is 26.8. The van der Waals surface area contributed by atoms with Crippen molar-refractivity contribution >= 4 is 13.8 Å². The molecule has 0 aromatic carbocycles. The van der Waals surface area contributed by atoms with Crippen LogP contribution in [-0.4, -0.2) is 70.7 Å². The average Bonchev–Trinajstić information content (AvgIpc) is 2.90. The van der Waals surface area contributed by atoms with Crippen molar-refractivity contribution in [2.75, 3.05) is 54.1 Å². The molecule has 0 fully saturated rings. The van der Waals surface area contributed by atoms with Gasteiger partial charge in [-0.25, -0.2) is 4.79 Å². The first-order valence-corrected chi connectivity index (χ1v) is 17.9. The second-order valence-electron chi connectivity index (χ2n) is 12.2. The topological polar surface area (TPSA) is 94.1 Å². The molecule has 0 aromatic heterocycles. The number of allylic oxidation sites excluding steroid dienone is 1. The largest absolute Gasteiger partial charge is 0.756 e. The molecular formula is C32H64NO7P. The molecule has 0 aromatic rings. The van der Waals surface area contributed by atoms with Crippen LogP contribution in [0.4, 0.5) is 0 Å². The summed E-state index contributed by atoms with van der Waals surface area (Å²) in [5.74, 6) is -0.559. The zero-order valence-corrected chi connectivity index (χ0v) is 28.1. The van der Waals surface area contributed by atoms with E-state index in [1.807, 2.05) is 0 Å². The predicted octanol–water partition coefficient (Wildman–Crippen LogP) is 7.74. The third kappa shape index (κ3) is 30.5. The molecule has 0 amide bonds. The third-order valence-electron chi connectivity index (χ3n) is 6.92. The summed E-state index contributed by atoms with van der Waals surface area (Å²) in [4.78, 5) is 24.1. The van der Waals surface area contributed by atoms with E-state index < -0.39 is 19.9 Å². The number of hydrogen-bond donors (Lipinski definition) is 0. The summed E-state index contributed by atoms with van der Waals surface area (Å²) in [5.41, 5.74) is 0. The average molecular weight is 606 g/mol. The molecule has 0 aliphatic heterocycles. The Kier molecular flexibility index (Phi) is 26.3. The van der Waals surface area contributed by atoms with Crippen LogP contribution in [0.1, 0.15) is 129 Å². The standard InChI is InChI=1S/C32H64NO7P/c1-6-8-9-10-11-12-13-14-15-16-17-18-20-23-27-37-29-31(40-32(34)25-7-2)30-39-41(35,36)38-28-24-21-19-22-26-33(3,4)5/h7,25,31H,6,8-24,26-30H2,1-5H3/b25-7+/t31-/m1/s1. The molecule has 0 saturated carbocycles. The van der Waals surface area contributed by atoms with Gasteiger partial charge in [0.25, 0.3) is 7.82 Å². The highest BCUT2D eigenvalue weighted by Gasteiger charge is 2.18. The first-order valence-electron chi connectivity index (χ1n) is 16.4. The summed E-state index contributed by atoms with van der Waals surface area (Å²) < 4.78 is 34.1. The molecular weight excluding hydrogens is 541 g/mol. The monoisotopic (exact) mass is 605 g/mol. The van der Waals surface area contributed by atoms with Gasteiger partial charge in [0.2, 0.25) is 0 Å². The van der Waals surface area contributed by atoms with Crippen LogP contribution in [0, 0.1) is 0 Å². The van der Waals surface area contributed by atoms with Gasteiger partial charge in [-0.1, -0.05) is 103 Å². The van der Waals surface area contributed by atoms with E-state index in [1.165, 1.54) is 83.1 Å². The fraction of sp³-hybridized carbons (Fsp3) is 0.906. The Morgan fingerprint density at radius 3 is 1.73 bits per heavy atom. The minimum absolute atomic E-state index is 0.0774. The van der Waals surface area contributed by atoms with Crippen molar-refractivity contribution < 1.29 is 37.3 Å². The molecule has 244 valence electrons. The van der Waals surface area contributed by atoms with Crippen molar-refractivity contribution in [3.05, 3.63) is 12.2 Å². The van der Waals surface area contributed by atoms with E-state index in [9.17, 15) is 14.3 Å². The van der Waals surface area contributed by atoms with E-state index in [4.69, 9.17) is 18.5 Å². The van der Waals surface area contributed by atoms with Gasteiger partial charge < -0.3 is 27.9 Å². The highest BCUT2D eigenvalue weighted by atomic mass is 31.2. The van der Waals surface area contributed by atoms with Crippen LogP contribution in [0.25, 0.3) is 0 Å². The van der Waals surface area contributed by atoms with Crippen molar-refractivity contribution in [2.45, 2.75) is 136 Å². The number of esters is 1. The van der Waals surface area contributed by atoms with Crippen LogP contribution in [-0.2, 0) is 27.9 Å². The van der Waals surface area contributed by atoms with Gasteiger partial charge in [0.1, 0.15) is 6.10 Å². The van der Waals surface area contributed by atoms with E-state index >= 15 is 0 Å². The zero-order valence-electron chi connectivity index (χ0n) is 27.2. The van der Waals surface area contributed by atoms with Gasteiger partial charge in [0, 0.05) is 12.7 Å². The summed E-state index contributed by atoms with van der Waals surface area (Å²) in [5, 5.41) is 0. The SMILES string of the molecule is C/C=C/C(=O)O[C@H](COCCCCCCCCCCCCCCCC)COP(=O)([O-])OCCCCCC[N+](C)(C)C. The number of phosphoric ester groups is 1. The Hall–Kier alpha value is -0.760. The maximum absolute atomic E-state index is 12.2. The fourth-order valence-electron chi connectivity index (χ4n) is 4.50. The molecule has 1 unspecified atom stereocenters. The maximum atomic E-state index is 12.2. The number of carbonyl (C=O) groups is 1. The first kappa shape index (κ1) is 40.2. The van der Waals surface area contributed by atoms with Crippen molar-refractivity contribution in [1.29, 1.82) is 0 Å². The van der Waals surface area contributed by atoms with Crippen LogP contribution in [0.3, 0.4) is 0 Å². The molecule has 0 bridgehead atoms. The smallest absolute Gasteiger partial charge is 0.330 e. The molecule has 0 N–H and O–H groups in total. The zero-order chi connectivity index (χ0) is 30.7. The lowest BCUT2D eigenvalue weighted by Crippen LogP contribution is -2.35. The number of phosphoric acid groups is 1. The van der Waals surface area contributed by atoms with Gasteiger partial charge in [0.15, 0.2) is 0 Å². The highest BCUT2D eigenvalue weighted by molar-refractivity contribution is 7.45. The molecule has 41 heavy (non-hydrogen) atoms. The van der Waals surface area contributed by atoms with Crippen molar-refractivity contribution in [1.82, 2.24) is 0 Å². The van der Waals surface area contributed by atoms with Crippen LogP contribution in [0.5, 0.6) is 0 Å². The third-order valence-corrected chi connectivity index (χ3v) is 7.89. The van der Waals surface area contributed by atoms with Gasteiger partial charge in [-0.3, -0.25) is 4.57 Å². The molecule has 2 atom stereocenters. The Morgan fingerprint density at radius 1 is 0.732 bits per heavy atom. The molecule has 0 radical (unpaired) electrons. The van der Waals surface area contributed by atoms with Crippen molar-refractivity contribution in [3.8, 4) is 0 Å². The number of rotatable bonds is 30. The molecule has 0 aliphatic carbocycles. The number of ether oxygens (including phenoxy) is 2. The Balaban J connectivity index is 4.00. The number of quaternary nitrogens is 1. The molecule has 0 heterocycles. The quantitative estimate of drug-likeness (QED) is 0.0272. The lowest BCUT2D eigenvalue weighted by molar-refractivity contribution is -0.870. The van der Waals surface area contributed by atoms with Gasteiger partial charge >= 0.3 is 5.97 Å². The van der Waals surface area contributed by atoms with Gasteiger partial charge in [0.05, 0.1) is 47.5 Å². The van der Waals surface area contributed by atoms with Crippen LogP contribution < -0.4 is 4.89 Å². The summed E-state index contributed by atoms with van der Waals surface area (Å²) in [6.45, 7) is 5.43. The molecule has 9 heteroatoms. The van der Waals surface area contributed by atoms with E-state index in [-0.39, 0.29) is 19.8 Å². The Bertz CT molecular complexity index is 681. The van der Waals surface area contributed by atoms with Crippen molar-refractivity contribution in [2.24, 2.45) is 0 Å². The molecule has 0 spiro atoms. The van der Waals surface area contributed by atoms with Gasteiger partial charge in [-0.2, -0.15) is 0 Å². The Labute approximate surface area is 252 Å². The predicted molar refractivity (Wildman–Crippen MR) is 167 cm³/mol. The fourth-order valence-corrected chi connectivity index (χ4v) is 5.28. The van der Waals surface area contributed by atoms with Crippen molar-refractivity contribution in [3.63, 3.8) is 0 Å². The summed E-state index contributed by atoms with van der Waals surface area (Å²) in [7, 11) is 1.99. The normalized spacial score (nSPS) is 14.4. The van der Waals surface area contributed by atoms with Gasteiger partial charge in [-0.05, 0) is 32.6 Å². The van der Waals surface area contributed by atoms with Crippen LogP contribution in [0.2, 0.25) is 0 Å². The van der Waals surface area contributed by atoms with Crippen LogP contribution in [0.15, 0.2) is 12.2 Å². The molecule has 0 saturated heterocycles. The van der Waals surface area contributed by atoms with Gasteiger partial charge in [-0.15, -0.1) is 0 Å². The second-order valence-corrected chi connectivity index (χ2v) is 13.6. The lowest BCUT2D eigenvalue weighted by atomic mass is 10.0. The first-order chi connectivity index (χ1) is 19.6. The molecule has 8 nitrogen and oxygen atoms in total. The van der Waals surface area contributed by atoms with E-state index in [1.54, 1.807) is 13.0 Å². The minimum atomic E-state index is -4.48. The number of hydrogen-bond acceptors (Lipinski definition) is 7. The lowest BCUT2D eigenvalue weighted by Gasteiger charge is -2.25. The molecule has 0 aliphatic rings. The van der Waals surface area contributed by atoms with E-state index in [0.717, 1.165) is 43.1 Å². The molecule has 0 rings (SSSR count). The summed E-state index contributed by atoms with van der Waals surface area (Å²) >= 11 is 0. The minimum Gasteiger partial charge on any atom is -0.756 e. The number of nitrogens with zero attached hydrogens (tertiary/aromatic N) is 1. The van der Waals surface area contributed by atoms with E-state index in [2.05, 4.69) is 28.1 Å². The van der Waals surface area contributed by atoms with Crippen LogP contribution >= 0.6 is 7.82 Å². The van der Waals surface area contributed by atoms with E-state index in [0.29, 0.717) is 13.0 Å². The summed E-state index contributed by atoms with van der Waals surface area (Å²) in [6, 6.07) is 0. The summed E-state index contributed by atoms with van der Waals surface area (Å²) in [6.07, 6.45) is 23.8. The number of carbonyl (C=O) groups excluding carboxylic acids is 1. The highest BCUT2D eigenvalue weighted by Crippen LogP contribution is 2.38. The maximum Gasteiger partial charge on any atom is 0.330 e. The Morgan fingerprint density at radius 2 is 1.22 bits per heavy atom. The number of unbranched alkanes of at least 4 members (excludes halogenated alkanes) is 16.